The lowest BCUT2D eigenvalue weighted by Gasteiger charge is -2.14. The third kappa shape index (κ3) is 5.59. The van der Waals surface area contributed by atoms with Gasteiger partial charge in [-0.05, 0) is 30.5 Å². The fourth-order valence-corrected chi connectivity index (χ4v) is 2.75. The van der Waals surface area contributed by atoms with Crippen LogP contribution in [0.3, 0.4) is 0 Å². The highest BCUT2D eigenvalue weighted by Crippen LogP contribution is 2.16. The summed E-state index contributed by atoms with van der Waals surface area (Å²) in [7, 11) is 1.46. The van der Waals surface area contributed by atoms with E-state index in [-0.39, 0.29) is 6.54 Å². The molecule has 1 aromatic heterocycles. The van der Waals surface area contributed by atoms with Crippen LogP contribution in [0, 0.1) is 0 Å². The molecule has 0 saturated carbocycles. The molecule has 26 heavy (non-hydrogen) atoms. The summed E-state index contributed by atoms with van der Waals surface area (Å²) in [6, 6.07) is 10.4. The molecule has 0 unspecified atom stereocenters. The molecule has 7 nitrogen and oxygen atoms in total. The summed E-state index contributed by atoms with van der Waals surface area (Å²) in [5, 5.41) is 7.05. The second-order valence-corrected chi connectivity index (χ2v) is 6.34. The minimum Gasteiger partial charge on any atom is -0.496 e. The van der Waals surface area contributed by atoms with Crippen molar-refractivity contribution in [3.63, 3.8) is 0 Å². The molecule has 1 heterocycles. The van der Waals surface area contributed by atoms with Crippen molar-refractivity contribution < 1.29 is 23.9 Å². The first kappa shape index (κ1) is 19.5. The van der Waals surface area contributed by atoms with E-state index in [1.165, 1.54) is 25.4 Å². The topological polar surface area (TPSA) is 93.7 Å². The maximum absolute atomic E-state index is 12.1. The third-order valence-electron chi connectivity index (χ3n) is 3.44. The van der Waals surface area contributed by atoms with E-state index in [1.54, 1.807) is 24.3 Å². The van der Waals surface area contributed by atoms with Crippen molar-refractivity contribution in [1.29, 1.82) is 0 Å². The second-order valence-electron chi connectivity index (χ2n) is 5.31. The molecule has 1 aromatic carbocycles. The number of amides is 2. The summed E-state index contributed by atoms with van der Waals surface area (Å²) in [4.78, 5) is 36.9. The first-order valence-corrected chi connectivity index (χ1v) is 8.80. The molecule has 2 N–H and O–H groups in total. The Labute approximate surface area is 155 Å². The molecule has 0 radical (unpaired) electrons. The highest BCUT2D eigenvalue weighted by molar-refractivity contribution is 7.09. The van der Waals surface area contributed by atoms with Crippen molar-refractivity contribution in [2.75, 3.05) is 13.7 Å². The van der Waals surface area contributed by atoms with Gasteiger partial charge in [-0.3, -0.25) is 14.4 Å². The van der Waals surface area contributed by atoms with Crippen LogP contribution in [0.25, 0.3) is 0 Å². The van der Waals surface area contributed by atoms with E-state index in [0.29, 0.717) is 17.9 Å². The van der Waals surface area contributed by atoms with Crippen LogP contribution in [0.5, 0.6) is 5.75 Å². The number of hydrogen-bond donors (Lipinski definition) is 2. The minimum atomic E-state index is -0.953. The Kier molecular flexibility index (Phi) is 7.16. The lowest BCUT2D eigenvalue weighted by atomic mass is 10.2. The fourth-order valence-electron chi connectivity index (χ4n) is 2.10. The van der Waals surface area contributed by atoms with Gasteiger partial charge in [0.15, 0.2) is 6.10 Å². The molecule has 0 fully saturated rings. The molecule has 0 aliphatic carbocycles. The minimum absolute atomic E-state index is 0.310. The number of carbonyl (C=O) groups is 3. The number of thiophene rings is 1. The number of methoxy groups -OCH3 is 1. The Hall–Kier alpha value is -2.87. The fraction of sp³-hybridized carbons (Fsp3) is 0.278. The first-order chi connectivity index (χ1) is 12.5. The van der Waals surface area contributed by atoms with Crippen molar-refractivity contribution in [3.05, 3.63) is 52.2 Å². The number of benzene rings is 1. The standard InChI is InChI=1S/C18H20N2O5S/c1-12(17(22)19-10-13-6-5-9-26-13)25-16(21)11-20-18(23)14-7-3-4-8-15(14)24-2/h3-9,12H,10-11H2,1-2H3,(H,19,22)(H,20,23)/t12-/m0/s1. The Morgan fingerprint density at radius 2 is 1.88 bits per heavy atom. The van der Waals surface area contributed by atoms with Crippen LogP contribution in [-0.4, -0.2) is 37.5 Å². The number of carbonyl (C=O) groups excluding carboxylic acids is 3. The predicted molar refractivity (Wildman–Crippen MR) is 97.0 cm³/mol. The van der Waals surface area contributed by atoms with Gasteiger partial charge in [-0.1, -0.05) is 18.2 Å². The van der Waals surface area contributed by atoms with Crippen molar-refractivity contribution in [3.8, 4) is 5.75 Å². The molecule has 8 heteroatoms. The lowest BCUT2D eigenvalue weighted by molar-refractivity contribution is -0.153. The van der Waals surface area contributed by atoms with E-state index in [1.807, 2.05) is 17.5 Å². The maximum Gasteiger partial charge on any atom is 0.326 e. The normalized spacial score (nSPS) is 11.3. The average Bonchev–Trinajstić information content (AvgIpc) is 3.17. The lowest BCUT2D eigenvalue weighted by Crippen LogP contribution is -2.38. The molecule has 2 rings (SSSR count). The molecule has 138 valence electrons. The second kappa shape index (κ2) is 9.57. The number of para-hydroxylation sites is 1. The van der Waals surface area contributed by atoms with E-state index in [4.69, 9.17) is 9.47 Å². The van der Waals surface area contributed by atoms with Gasteiger partial charge in [0.05, 0.1) is 19.2 Å². The van der Waals surface area contributed by atoms with E-state index in [0.717, 1.165) is 4.88 Å². The zero-order valence-corrected chi connectivity index (χ0v) is 15.3. The Bertz CT molecular complexity index is 761. The number of esters is 1. The molecule has 0 saturated heterocycles. The van der Waals surface area contributed by atoms with Crippen LogP contribution >= 0.6 is 11.3 Å². The molecule has 2 aromatic rings. The predicted octanol–water partition coefficient (Wildman–Crippen LogP) is 1.73. The molecule has 0 aliphatic rings. The van der Waals surface area contributed by atoms with Crippen molar-refractivity contribution in [2.45, 2.75) is 19.6 Å². The summed E-state index contributed by atoms with van der Waals surface area (Å²) in [6.45, 7) is 1.51. The molecule has 0 bridgehead atoms. The van der Waals surface area contributed by atoms with E-state index in [2.05, 4.69) is 10.6 Å². The van der Waals surface area contributed by atoms with Crippen molar-refractivity contribution in [1.82, 2.24) is 10.6 Å². The Balaban J connectivity index is 1.76. The van der Waals surface area contributed by atoms with Crippen molar-refractivity contribution >= 4 is 29.1 Å². The quantitative estimate of drug-likeness (QED) is 0.685. The number of nitrogens with one attached hydrogen (secondary N) is 2. The highest BCUT2D eigenvalue weighted by Gasteiger charge is 2.19. The van der Waals surface area contributed by atoms with Gasteiger partial charge in [0.2, 0.25) is 0 Å². The maximum atomic E-state index is 12.1. The summed E-state index contributed by atoms with van der Waals surface area (Å²) in [5.74, 6) is -1.16. The smallest absolute Gasteiger partial charge is 0.326 e. The average molecular weight is 376 g/mol. The van der Waals surface area contributed by atoms with Crippen LogP contribution in [0.4, 0.5) is 0 Å². The molecule has 0 spiro atoms. The van der Waals surface area contributed by atoms with Crippen LogP contribution in [0.2, 0.25) is 0 Å². The van der Waals surface area contributed by atoms with Gasteiger partial charge < -0.3 is 20.1 Å². The van der Waals surface area contributed by atoms with Crippen LogP contribution < -0.4 is 15.4 Å². The monoisotopic (exact) mass is 376 g/mol. The molecular weight excluding hydrogens is 356 g/mol. The highest BCUT2D eigenvalue weighted by atomic mass is 32.1. The first-order valence-electron chi connectivity index (χ1n) is 7.92. The van der Waals surface area contributed by atoms with Gasteiger partial charge in [0.1, 0.15) is 12.3 Å². The molecule has 1 atom stereocenters. The molecule has 0 aliphatic heterocycles. The van der Waals surface area contributed by atoms with E-state index in [9.17, 15) is 14.4 Å². The van der Waals surface area contributed by atoms with Crippen LogP contribution in [0.15, 0.2) is 41.8 Å². The van der Waals surface area contributed by atoms with Gasteiger partial charge in [-0.25, -0.2) is 0 Å². The summed E-state index contributed by atoms with van der Waals surface area (Å²) < 4.78 is 10.1. The van der Waals surface area contributed by atoms with E-state index < -0.39 is 23.9 Å². The van der Waals surface area contributed by atoms with Gasteiger partial charge in [0.25, 0.3) is 11.8 Å². The number of ether oxygens (including phenoxy) is 2. The zero-order chi connectivity index (χ0) is 18.9. The number of hydrogen-bond acceptors (Lipinski definition) is 6. The summed E-state index contributed by atoms with van der Waals surface area (Å²) >= 11 is 1.52. The van der Waals surface area contributed by atoms with Crippen molar-refractivity contribution in [2.24, 2.45) is 0 Å². The zero-order valence-electron chi connectivity index (χ0n) is 14.5. The summed E-state index contributed by atoms with van der Waals surface area (Å²) in [5.41, 5.74) is 0.310. The van der Waals surface area contributed by atoms with Gasteiger partial charge >= 0.3 is 5.97 Å². The SMILES string of the molecule is COc1ccccc1C(=O)NCC(=O)O[C@@H](C)C(=O)NCc1cccs1. The molecule has 2 amide bonds. The van der Waals surface area contributed by atoms with Crippen LogP contribution in [-0.2, 0) is 20.9 Å². The van der Waals surface area contributed by atoms with Gasteiger partial charge in [-0.2, -0.15) is 0 Å². The Morgan fingerprint density at radius 3 is 2.58 bits per heavy atom. The third-order valence-corrected chi connectivity index (χ3v) is 4.32. The largest absolute Gasteiger partial charge is 0.496 e. The number of rotatable bonds is 8. The summed E-state index contributed by atoms with van der Waals surface area (Å²) in [6.07, 6.45) is -0.953. The van der Waals surface area contributed by atoms with Gasteiger partial charge in [-0.15, -0.1) is 11.3 Å². The Morgan fingerprint density at radius 1 is 1.12 bits per heavy atom. The molecular formula is C18H20N2O5S. The van der Waals surface area contributed by atoms with Gasteiger partial charge in [0, 0.05) is 4.88 Å². The van der Waals surface area contributed by atoms with Crippen LogP contribution in [0.1, 0.15) is 22.2 Å². The van der Waals surface area contributed by atoms with E-state index >= 15 is 0 Å².